The van der Waals surface area contributed by atoms with Gasteiger partial charge in [-0.1, -0.05) is 18.2 Å². The normalized spacial score (nSPS) is 14.5. The number of hydrogen-bond acceptors (Lipinski definition) is 6. The lowest BCUT2D eigenvalue weighted by molar-refractivity contribution is 0.601. The Morgan fingerprint density at radius 3 is 2.96 bits per heavy atom. The lowest BCUT2D eigenvalue weighted by atomic mass is 10.00. The average Bonchev–Trinajstić information content (AvgIpc) is 3.02. The van der Waals surface area contributed by atoms with Crippen LogP contribution in [-0.4, -0.2) is 23.7 Å². The van der Waals surface area contributed by atoms with Gasteiger partial charge in [-0.05, 0) is 48.7 Å². The summed E-state index contributed by atoms with van der Waals surface area (Å²) >= 11 is 1.02. The number of nitrogens with one attached hydrogen (secondary N) is 2. The van der Waals surface area contributed by atoms with Gasteiger partial charge in [-0.15, -0.1) is 0 Å². The minimum Gasteiger partial charge on any atom is -0.312 e. The van der Waals surface area contributed by atoms with Gasteiger partial charge in [0.2, 0.25) is 0 Å². The van der Waals surface area contributed by atoms with E-state index in [-0.39, 0.29) is 4.90 Å². The molecule has 6 nitrogen and oxygen atoms in total. The summed E-state index contributed by atoms with van der Waals surface area (Å²) in [5.41, 5.74) is 4.50. The van der Waals surface area contributed by atoms with E-state index in [1.165, 1.54) is 5.56 Å². The fraction of sp³-hybridized carbons (Fsp3) is 0.250. The van der Waals surface area contributed by atoms with Crippen LogP contribution in [0.3, 0.4) is 0 Å². The Morgan fingerprint density at radius 1 is 1.21 bits per heavy atom. The molecule has 0 unspecified atom stereocenters. The fourth-order valence-electron chi connectivity index (χ4n) is 3.07. The van der Waals surface area contributed by atoms with Crippen LogP contribution in [0.4, 0.5) is 5.69 Å². The van der Waals surface area contributed by atoms with Crippen molar-refractivity contribution in [3.63, 3.8) is 0 Å². The number of aromatic nitrogens is 2. The molecule has 0 aliphatic carbocycles. The second-order valence-electron chi connectivity index (χ2n) is 5.82. The zero-order valence-electron chi connectivity index (χ0n) is 13.0. The molecule has 124 valence electrons. The summed E-state index contributed by atoms with van der Waals surface area (Å²) in [4.78, 5) is 0.204. The van der Waals surface area contributed by atoms with Crippen LogP contribution >= 0.6 is 11.7 Å². The van der Waals surface area contributed by atoms with Crippen molar-refractivity contribution in [3.8, 4) is 0 Å². The first kappa shape index (κ1) is 15.5. The van der Waals surface area contributed by atoms with Gasteiger partial charge >= 0.3 is 0 Å². The van der Waals surface area contributed by atoms with E-state index in [0.717, 1.165) is 30.3 Å². The number of hydrogen-bond donors (Lipinski definition) is 2. The Balaban J connectivity index is 1.82. The van der Waals surface area contributed by atoms with E-state index < -0.39 is 10.0 Å². The van der Waals surface area contributed by atoms with Crippen molar-refractivity contribution in [1.29, 1.82) is 0 Å². The predicted octanol–water partition coefficient (Wildman–Crippen LogP) is 2.45. The van der Waals surface area contributed by atoms with Crippen LogP contribution < -0.4 is 10.0 Å². The lowest BCUT2D eigenvalue weighted by Gasteiger charge is -2.21. The van der Waals surface area contributed by atoms with E-state index in [1.807, 2.05) is 12.1 Å². The second kappa shape index (κ2) is 5.80. The van der Waals surface area contributed by atoms with E-state index in [4.69, 9.17) is 0 Å². The molecule has 0 radical (unpaired) electrons. The first-order valence-corrected chi connectivity index (χ1v) is 9.84. The fourth-order valence-corrected chi connectivity index (χ4v) is 5.15. The smallest absolute Gasteiger partial charge is 0.264 e. The number of sulfonamides is 1. The van der Waals surface area contributed by atoms with Gasteiger partial charge in [0.05, 0.1) is 17.4 Å². The van der Waals surface area contributed by atoms with Crippen molar-refractivity contribution in [3.05, 3.63) is 47.0 Å². The first-order valence-electron chi connectivity index (χ1n) is 7.62. The zero-order chi connectivity index (χ0) is 16.7. The molecular weight excluding hydrogens is 344 g/mol. The molecule has 0 bridgehead atoms. The molecule has 0 fully saturated rings. The van der Waals surface area contributed by atoms with Crippen LogP contribution in [0.25, 0.3) is 11.0 Å². The second-order valence-corrected chi connectivity index (χ2v) is 7.97. The molecule has 3 aromatic rings. The molecule has 2 heterocycles. The summed E-state index contributed by atoms with van der Waals surface area (Å²) < 4.78 is 37.1. The third-order valence-electron chi connectivity index (χ3n) is 4.24. The number of anilines is 1. The minimum absolute atomic E-state index is 0.204. The van der Waals surface area contributed by atoms with Gasteiger partial charge in [0.25, 0.3) is 10.0 Å². The van der Waals surface area contributed by atoms with E-state index in [0.29, 0.717) is 28.8 Å². The van der Waals surface area contributed by atoms with Crippen LogP contribution in [0, 0.1) is 6.92 Å². The minimum atomic E-state index is -3.75. The van der Waals surface area contributed by atoms with Crippen molar-refractivity contribution in [2.24, 2.45) is 0 Å². The third kappa shape index (κ3) is 2.56. The Hall–Kier alpha value is -2.03. The quantitative estimate of drug-likeness (QED) is 0.749. The van der Waals surface area contributed by atoms with Crippen molar-refractivity contribution >= 4 is 38.5 Å². The summed E-state index contributed by atoms with van der Waals surface area (Å²) in [5.74, 6) is 0. The van der Waals surface area contributed by atoms with Crippen LogP contribution in [0.2, 0.25) is 0 Å². The maximum Gasteiger partial charge on any atom is 0.264 e. The van der Waals surface area contributed by atoms with Gasteiger partial charge in [-0.3, -0.25) is 4.72 Å². The molecule has 1 aromatic heterocycles. The highest BCUT2D eigenvalue weighted by atomic mass is 32.2. The van der Waals surface area contributed by atoms with E-state index in [9.17, 15) is 8.42 Å². The molecule has 1 aliphatic heterocycles. The van der Waals surface area contributed by atoms with Crippen molar-refractivity contribution in [1.82, 2.24) is 14.1 Å². The Kier molecular flexibility index (Phi) is 3.75. The molecule has 2 aromatic carbocycles. The summed E-state index contributed by atoms with van der Waals surface area (Å²) in [6.07, 6.45) is 0.898. The summed E-state index contributed by atoms with van der Waals surface area (Å²) in [6, 6.07) is 9.30. The highest BCUT2D eigenvalue weighted by Crippen LogP contribution is 2.29. The topological polar surface area (TPSA) is 84.0 Å². The maximum atomic E-state index is 13.0. The van der Waals surface area contributed by atoms with Crippen LogP contribution in [-0.2, 0) is 23.0 Å². The van der Waals surface area contributed by atoms with Crippen molar-refractivity contribution in [2.45, 2.75) is 24.8 Å². The Labute approximate surface area is 144 Å². The number of benzene rings is 2. The maximum absolute atomic E-state index is 13.0. The van der Waals surface area contributed by atoms with E-state index in [2.05, 4.69) is 18.8 Å². The molecule has 1 aliphatic rings. The molecule has 8 heteroatoms. The van der Waals surface area contributed by atoms with Gasteiger partial charge < -0.3 is 5.32 Å². The standard InChI is InChI=1S/C16H16N4O2S2/c1-10-5-6-14-15(19-23-18-14)16(10)24(21,22)20-13-4-2-3-11-7-8-17-9-12(11)13/h2-6,17,20H,7-9H2,1H3. The zero-order valence-corrected chi connectivity index (χ0v) is 14.7. The molecule has 2 N–H and O–H groups in total. The first-order chi connectivity index (χ1) is 11.6. The molecule has 4 rings (SSSR count). The van der Waals surface area contributed by atoms with Gasteiger partial charge in [-0.2, -0.15) is 8.75 Å². The van der Waals surface area contributed by atoms with Gasteiger partial charge in [0.15, 0.2) is 0 Å². The summed E-state index contributed by atoms with van der Waals surface area (Å²) in [7, 11) is -3.75. The van der Waals surface area contributed by atoms with Gasteiger partial charge in [-0.25, -0.2) is 8.42 Å². The molecular formula is C16H16N4O2S2. The Bertz CT molecular complexity index is 1030. The van der Waals surface area contributed by atoms with E-state index >= 15 is 0 Å². The van der Waals surface area contributed by atoms with E-state index in [1.54, 1.807) is 25.1 Å². The third-order valence-corrected chi connectivity index (χ3v) is 6.32. The average molecular weight is 360 g/mol. The lowest BCUT2D eigenvalue weighted by Crippen LogP contribution is -2.25. The van der Waals surface area contributed by atoms with Gasteiger partial charge in [0.1, 0.15) is 15.9 Å². The number of fused-ring (bicyclic) bond motifs is 2. The molecule has 0 atom stereocenters. The Morgan fingerprint density at radius 2 is 2.08 bits per heavy atom. The van der Waals surface area contributed by atoms with Crippen molar-refractivity contribution < 1.29 is 8.42 Å². The number of nitrogens with zero attached hydrogens (tertiary/aromatic N) is 2. The highest BCUT2D eigenvalue weighted by molar-refractivity contribution is 7.93. The molecule has 0 saturated heterocycles. The number of rotatable bonds is 3. The predicted molar refractivity (Wildman–Crippen MR) is 94.8 cm³/mol. The number of aryl methyl sites for hydroxylation is 1. The van der Waals surface area contributed by atoms with Crippen molar-refractivity contribution in [2.75, 3.05) is 11.3 Å². The molecule has 0 amide bonds. The van der Waals surface area contributed by atoms with Crippen LogP contribution in [0.1, 0.15) is 16.7 Å². The molecule has 0 saturated carbocycles. The summed E-state index contributed by atoms with van der Waals surface area (Å²) in [6.45, 7) is 3.34. The SMILES string of the molecule is Cc1ccc2nsnc2c1S(=O)(=O)Nc1cccc2c1CNCC2. The molecule has 0 spiro atoms. The monoisotopic (exact) mass is 360 g/mol. The molecule has 24 heavy (non-hydrogen) atoms. The van der Waals surface area contributed by atoms with Gasteiger partial charge in [0, 0.05) is 6.54 Å². The largest absolute Gasteiger partial charge is 0.312 e. The highest BCUT2D eigenvalue weighted by Gasteiger charge is 2.24. The summed E-state index contributed by atoms with van der Waals surface area (Å²) in [5, 5.41) is 3.29. The van der Waals surface area contributed by atoms with Crippen LogP contribution in [0.15, 0.2) is 35.2 Å². The van der Waals surface area contributed by atoms with Crippen LogP contribution in [0.5, 0.6) is 0 Å².